The summed E-state index contributed by atoms with van der Waals surface area (Å²) in [6.07, 6.45) is -5.88. The fourth-order valence-corrected chi connectivity index (χ4v) is 1.08. The third-order valence-corrected chi connectivity index (χ3v) is 1.82. The monoisotopic (exact) mass is 222 g/mol. The summed E-state index contributed by atoms with van der Waals surface area (Å²) in [6.45, 7) is 2.63. The van der Waals surface area contributed by atoms with Crippen LogP contribution in [0.15, 0.2) is 0 Å². The van der Waals surface area contributed by atoms with E-state index in [4.69, 9.17) is 14.9 Å². The summed E-state index contributed by atoms with van der Waals surface area (Å²) >= 11 is 0. The smallest absolute Gasteiger partial charge is 0.151 e. The van der Waals surface area contributed by atoms with E-state index in [-0.39, 0.29) is 12.4 Å². The van der Waals surface area contributed by atoms with Gasteiger partial charge in [-0.05, 0) is 13.8 Å². The molecule has 90 valence electrons. The first-order valence-electron chi connectivity index (χ1n) is 4.69. The molecule has 0 aromatic heterocycles. The van der Waals surface area contributed by atoms with Crippen molar-refractivity contribution in [2.24, 2.45) is 0 Å². The summed E-state index contributed by atoms with van der Waals surface area (Å²) in [4.78, 5) is 10.4. The molecule has 0 fully saturated rings. The third kappa shape index (κ3) is 4.67. The Morgan fingerprint density at radius 3 is 2.13 bits per heavy atom. The average molecular weight is 222 g/mol. The number of aliphatic hydroxyl groups is 4. The number of carbonyl (C=O) groups is 1. The molecule has 4 N–H and O–H groups in total. The van der Waals surface area contributed by atoms with E-state index in [1.54, 1.807) is 13.8 Å². The van der Waals surface area contributed by atoms with Crippen molar-refractivity contribution in [2.45, 2.75) is 44.4 Å². The van der Waals surface area contributed by atoms with Crippen molar-refractivity contribution in [2.75, 3.05) is 6.61 Å². The van der Waals surface area contributed by atoms with Crippen molar-refractivity contribution < 1.29 is 30.0 Å². The minimum atomic E-state index is -1.54. The predicted octanol–water partition coefficient (Wildman–Crippen LogP) is -1.95. The molecule has 0 bridgehead atoms. The summed E-state index contributed by atoms with van der Waals surface area (Å²) in [6, 6.07) is 0. The molecule has 6 heteroatoms. The normalized spacial score (nSPS) is 19.7. The maximum atomic E-state index is 10.4. The van der Waals surface area contributed by atoms with Crippen LogP contribution in [0.2, 0.25) is 0 Å². The second kappa shape index (κ2) is 6.86. The molecule has 6 nitrogen and oxygen atoms in total. The molecule has 0 amide bonds. The fourth-order valence-electron chi connectivity index (χ4n) is 1.08. The predicted molar refractivity (Wildman–Crippen MR) is 51.2 cm³/mol. The highest BCUT2D eigenvalue weighted by molar-refractivity contribution is 5.56. The van der Waals surface area contributed by atoms with E-state index in [1.165, 1.54) is 0 Å². The van der Waals surface area contributed by atoms with Gasteiger partial charge in [0.15, 0.2) is 6.29 Å². The van der Waals surface area contributed by atoms with Crippen LogP contribution in [-0.4, -0.2) is 63.8 Å². The van der Waals surface area contributed by atoms with Crippen LogP contribution >= 0.6 is 0 Å². The van der Waals surface area contributed by atoms with Crippen LogP contribution in [0, 0.1) is 0 Å². The molecule has 0 spiro atoms. The van der Waals surface area contributed by atoms with Crippen LogP contribution in [0.25, 0.3) is 0 Å². The largest absolute Gasteiger partial charge is 0.394 e. The van der Waals surface area contributed by atoms with Gasteiger partial charge in [-0.15, -0.1) is 0 Å². The first-order chi connectivity index (χ1) is 6.93. The van der Waals surface area contributed by atoms with Crippen molar-refractivity contribution >= 4 is 6.29 Å². The lowest BCUT2D eigenvalue weighted by atomic mass is 10.0. The van der Waals surface area contributed by atoms with Crippen molar-refractivity contribution in [3.05, 3.63) is 0 Å². The summed E-state index contributed by atoms with van der Waals surface area (Å²) < 4.78 is 5.09. The molecule has 0 heterocycles. The summed E-state index contributed by atoms with van der Waals surface area (Å²) in [7, 11) is 0. The van der Waals surface area contributed by atoms with E-state index in [0.717, 1.165) is 0 Å². The van der Waals surface area contributed by atoms with Gasteiger partial charge in [0, 0.05) is 0 Å². The molecule has 0 aliphatic heterocycles. The lowest BCUT2D eigenvalue weighted by Crippen LogP contribution is -2.48. The molecular formula is C9H18O6. The topological polar surface area (TPSA) is 107 Å². The van der Waals surface area contributed by atoms with Crippen LogP contribution < -0.4 is 0 Å². The fraction of sp³-hybridized carbons (Fsp3) is 0.889. The Kier molecular flexibility index (Phi) is 6.62. The van der Waals surface area contributed by atoms with Gasteiger partial charge in [-0.1, -0.05) is 0 Å². The molecule has 0 aromatic rings. The van der Waals surface area contributed by atoms with Gasteiger partial charge in [0.2, 0.25) is 0 Å². The van der Waals surface area contributed by atoms with Gasteiger partial charge < -0.3 is 30.0 Å². The van der Waals surface area contributed by atoms with Crippen molar-refractivity contribution in [1.82, 2.24) is 0 Å². The van der Waals surface area contributed by atoms with E-state index >= 15 is 0 Å². The van der Waals surface area contributed by atoms with Gasteiger partial charge in [0.25, 0.3) is 0 Å². The summed E-state index contributed by atoms with van der Waals surface area (Å²) in [5, 5.41) is 36.5. The Hall–Kier alpha value is -0.530. The molecule has 0 aromatic carbocycles. The molecule has 0 saturated heterocycles. The Bertz CT molecular complexity index is 183. The minimum Gasteiger partial charge on any atom is -0.394 e. The van der Waals surface area contributed by atoms with E-state index < -0.39 is 31.0 Å². The lowest BCUT2D eigenvalue weighted by molar-refractivity contribution is -0.159. The third-order valence-electron chi connectivity index (χ3n) is 1.82. The van der Waals surface area contributed by atoms with E-state index in [9.17, 15) is 15.0 Å². The maximum Gasteiger partial charge on any atom is 0.151 e. The molecule has 0 radical (unpaired) electrons. The Balaban J connectivity index is 4.53. The van der Waals surface area contributed by atoms with Crippen molar-refractivity contribution in [3.8, 4) is 0 Å². The molecule has 0 aliphatic rings. The number of hydrogen-bond acceptors (Lipinski definition) is 6. The van der Waals surface area contributed by atoms with Crippen LogP contribution in [0.4, 0.5) is 0 Å². The van der Waals surface area contributed by atoms with Crippen LogP contribution in [0.1, 0.15) is 13.8 Å². The zero-order chi connectivity index (χ0) is 12.0. The standard InChI is InChI=1S/C9H18O6/c1-5(2)15-9(7(13)4-11)8(14)6(12)3-10/h4-10,12-14H,3H2,1-2H3. The van der Waals surface area contributed by atoms with Gasteiger partial charge in [-0.25, -0.2) is 0 Å². The Morgan fingerprint density at radius 1 is 1.27 bits per heavy atom. The minimum absolute atomic E-state index is 0.209. The zero-order valence-corrected chi connectivity index (χ0v) is 8.78. The first kappa shape index (κ1) is 14.5. The van der Waals surface area contributed by atoms with Gasteiger partial charge in [0.1, 0.15) is 24.4 Å². The molecule has 0 aliphatic carbocycles. The summed E-state index contributed by atoms with van der Waals surface area (Å²) in [5.41, 5.74) is 0. The summed E-state index contributed by atoms with van der Waals surface area (Å²) in [5.74, 6) is 0. The molecular weight excluding hydrogens is 204 g/mol. The van der Waals surface area contributed by atoms with Gasteiger partial charge in [-0.3, -0.25) is 0 Å². The number of hydrogen-bond donors (Lipinski definition) is 4. The second-order valence-corrected chi connectivity index (χ2v) is 3.52. The number of aldehydes is 1. The molecule has 4 unspecified atom stereocenters. The number of aliphatic hydroxyl groups excluding tert-OH is 4. The van der Waals surface area contributed by atoms with Crippen molar-refractivity contribution in [1.29, 1.82) is 0 Å². The number of ether oxygens (including phenoxy) is 1. The van der Waals surface area contributed by atoms with E-state index in [2.05, 4.69) is 0 Å². The second-order valence-electron chi connectivity index (χ2n) is 3.52. The Labute approximate surface area is 88.1 Å². The van der Waals surface area contributed by atoms with E-state index in [0.29, 0.717) is 0 Å². The van der Waals surface area contributed by atoms with Crippen LogP contribution in [0.5, 0.6) is 0 Å². The SMILES string of the molecule is CC(C)OC(C(O)C=O)C(O)C(O)CO. The zero-order valence-electron chi connectivity index (χ0n) is 8.78. The number of rotatable bonds is 7. The average Bonchev–Trinajstić information content (AvgIpc) is 2.22. The molecule has 0 rings (SSSR count). The maximum absolute atomic E-state index is 10.4. The molecule has 4 atom stereocenters. The quantitative estimate of drug-likeness (QED) is 0.373. The van der Waals surface area contributed by atoms with Crippen LogP contribution in [0.3, 0.4) is 0 Å². The highest BCUT2D eigenvalue weighted by atomic mass is 16.5. The van der Waals surface area contributed by atoms with E-state index in [1.807, 2.05) is 0 Å². The van der Waals surface area contributed by atoms with Crippen molar-refractivity contribution in [3.63, 3.8) is 0 Å². The molecule has 0 saturated carbocycles. The van der Waals surface area contributed by atoms with Gasteiger partial charge in [-0.2, -0.15) is 0 Å². The lowest BCUT2D eigenvalue weighted by Gasteiger charge is -2.29. The van der Waals surface area contributed by atoms with Gasteiger partial charge in [0.05, 0.1) is 12.7 Å². The highest BCUT2D eigenvalue weighted by Crippen LogP contribution is 2.11. The van der Waals surface area contributed by atoms with Gasteiger partial charge >= 0.3 is 0 Å². The highest BCUT2D eigenvalue weighted by Gasteiger charge is 2.33. The molecule has 15 heavy (non-hydrogen) atoms. The number of carbonyl (C=O) groups excluding carboxylic acids is 1. The van der Waals surface area contributed by atoms with Crippen LogP contribution in [-0.2, 0) is 9.53 Å². The Morgan fingerprint density at radius 2 is 1.80 bits per heavy atom. The first-order valence-corrected chi connectivity index (χ1v) is 4.69.